The van der Waals surface area contributed by atoms with Gasteiger partial charge in [0.05, 0.1) is 13.2 Å². The molecule has 0 unspecified atom stereocenters. The van der Waals surface area contributed by atoms with Gasteiger partial charge in [0, 0.05) is 13.1 Å². The number of aliphatic hydroxyl groups is 2. The number of nitrogens with zero attached hydrogens (tertiary/aromatic N) is 1. The minimum atomic E-state index is 0.139. The topological polar surface area (TPSA) is 81.8 Å². The quantitative estimate of drug-likeness (QED) is 0.380. The van der Waals surface area contributed by atoms with Gasteiger partial charge in [-0.2, -0.15) is 0 Å². The first-order valence-corrected chi connectivity index (χ1v) is 4.96. The lowest BCUT2D eigenvalue weighted by molar-refractivity contribution is 0.267. The molecule has 0 aromatic carbocycles. The number of nitrogens with two attached hydrogens (primary N) is 1. The van der Waals surface area contributed by atoms with Gasteiger partial charge in [-0.05, 0) is 33.6 Å². The third-order valence-corrected chi connectivity index (χ3v) is 1.39. The number of nitrogens with one attached hydrogen (secondary N) is 1. The summed E-state index contributed by atoms with van der Waals surface area (Å²) in [5.74, 6) is 0. The summed E-state index contributed by atoms with van der Waals surface area (Å²) in [6.07, 6.45) is 1.10. The molecule has 5 nitrogen and oxygen atoms in total. The summed E-state index contributed by atoms with van der Waals surface area (Å²) in [6.45, 7) is 3.33. The van der Waals surface area contributed by atoms with Crippen LogP contribution < -0.4 is 11.1 Å². The zero-order chi connectivity index (χ0) is 11.2. The normalized spacial score (nSPS) is 9.86. The van der Waals surface area contributed by atoms with E-state index >= 15 is 0 Å². The lowest BCUT2D eigenvalue weighted by Gasteiger charge is -2.05. The average Bonchev–Trinajstić information content (AvgIpc) is 2.16. The fourth-order valence-corrected chi connectivity index (χ4v) is 0.691. The van der Waals surface area contributed by atoms with E-state index in [1.54, 1.807) is 0 Å². The maximum Gasteiger partial charge on any atom is 0.0555 e. The van der Waals surface area contributed by atoms with E-state index < -0.39 is 0 Å². The van der Waals surface area contributed by atoms with Crippen LogP contribution in [0.3, 0.4) is 0 Å². The molecule has 0 aromatic heterocycles. The Morgan fingerprint density at radius 1 is 1.14 bits per heavy atom. The molecule has 14 heavy (non-hydrogen) atoms. The van der Waals surface area contributed by atoms with Crippen molar-refractivity contribution >= 4 is 0 Å². The van der Waals surface area contributed by atoms with Crippen LogP contribution >= 0.6 is 0 Å². The molecule has 0 rings (SSSR count). The molecule has 5 N–H and O–H groups in total. The van der Waals surface area contributed by atoms with Crippen LogP contribution in [-0.4, -0.2) is 68.6 Å². The van der Waals surface area contributed by atoms with Crippen molar-refractivity contribution in [3.05, 3.63) is 0 Å². The van der Waals surface area contributed by atoms with E-state index in [1.165, 1.54) is 0 Å². The van der Waals surface area contributed by atoms with Crippen LogP contribution in [0.25, 0.3) is 0 Å². The SMILES string of the molecule is CN(C)CCCN.OCCNCCO. The number of rotatable bonds is 7. The molecule has 0 heterocycles. The molecule has 0 aliphatic carbocycles. The summed E-state index contributed by atoms with van der Waals surface area (Å²) < 4.78 is 0. The Labute approximate surface area is 86.9 Å². The first kappa shape index (κ1) is 16.2. The van der Waals surface area contributed by atoms with E-state index in [1.807, 2.05) is 0 Å². The molecule has 0 aliphatic rings. The van der Waals surface area contributed by atoms with Crippen molar-refractivity contribution < 1.29 is 10.2 Å². The Bertz CT molecular complexity index is 88.1. The Morgan fingerprint density at radius 2 is 1.64 bits per heavy atom. The Kier molecular flexibility index (Phi) is 17.7. The number of aliphatic hydroxyl groups excluding tert-OH is 2. The van der Waals surface area contributed by atoms with Gasteiger partial charge in [0.2, 0.25) is 0 Å². The summed E-state index contributed by atoms with van der Waals surface area (Å²) in [5.41, 5.74) is 5.25. The van der Waals surface area contributed by atoms with E-state index in [9.17, 15) is 0 Å². The number of hydrogen-bond donors (Lipinski definition) is 4. The molecule has 0 bridgehead atoms. The van der Waals surface area contributed by atoms with Crippen LogP contribution in [0.15, 0.2) is 0 Å². The zero-order valence-electron chi connectivity index (χ0n) is 9.37. The summed E-state index contributed by atoms with van der Waals surface area (Å²) in [7, 11) is 4.10. The van der Waals surface area contributed by atoms with Crippen molar-refractivity contribution in [3.63, 3.8) is 0 Å². The maximum atomic E-state index is 8.15. The summed E-state index contributed by atoms with van der Waals surface area (Å²) in [6, 6.07) is 0. The predicted molar refractivity (Wildman–Crippen MR) is 59.3 cm³/mol. The molecule has 0 atom stereocenters. The maximum absolute atomic E-state index is 8.15. The molecule has 0 saturated carbocycles. The van der Waals surface area contributed by atoms with Gasteiger partial charge in [-0.15, -0.1) is 0 Å². The van der Waals surface area contributed by atoms with Gasteiger partial charge in [-0.25, -0.2) is 0 Å². The lowest BCUT2D eigenvalue weighted by atomic mass is 10.4. The third-order valence-electron chi connectivity index (χ3n) is 1.39. The van der Waals surface area contributed by atoms with Gasteiger partial charge in [0.1, 0.15) is 0 Å². The highest BCUT2D eigenvalue weighted by Crippen LogP contribution is 1.76. The first-order chi connectivity index (χ1) is 6.68. The second-order valence-electron chi connectivity index (χ2n) is 3.14. The Hall–Kier alpha value is -0.200. The summed E-state index contributed by atoms with van der Waals surface area (Å²) in [5, 5.41) is 19.1. The molecule has 0 aromatic rings. The summed E-state index contributed by atoms with van der Waals surface area (Å²) in [4.78, 5) is 2.13. The van der Waals surface area contributed by atoms with Crippen molar-refractivity contribution in [2.24, 2.45) is 5.73 Å². The highest BCUT2D eigenvalue weighted by Gasteiger charge is 1.83. The fourth-order valence-electron chi connectivity index (χ4n) is 0.691. The van der Waals surface area contributed by atoms with Gasteiger partial charge >= 0.3 is 0 Å². The van der Waals surface area contributed by atoms with E-state index in [2.05, 4.69) is 24.3 Å². The number of hydrogen-bond acceptors (Lipinski definition) is 5. The molecule has 0 radical (unpaired) electrons. The highest BCUT2D eigenvalue weighted by atomic mass is 16.3. The van der Waals surface area contributed by atoms with Crippen LogP contribution in [0.1, 0.15) is 6.42 Å². The van der Waals surface area contributed by atoms with Gasteiger partial charge in [-0.1, -0.05) is 0 Å². The molecule has 5 heteroatoms. The van der Waals surface area contributed by atoms with Crippen LogP contribution in [0.5, 0.6) is 0 Å². The Morgan fingerprint density at radius 3 is 1.86 bits per heavy atom. The van der Waals surface area contributed by atoms with Gasteiger partial charge in [0.15, 0.2) is 0 Å². The average molecular weight is 207 g/mol. The largest absolute Gasteiger partial charge is 0.395 e. The Balaban J connectivity index is 0. The van der Waals surface area contributed by atoms with Crippen molar-refractivity contribution in [2.45, 2.75) is 6.42 Å². The molecule has 0 amide bonds. The molecule has 0 spiro atoms. The van der Waals surface area contributed by atoms with Crippen LogP contribution in [0.4, 0.5) is 0 Å². The van der Waals surface area contributed by atoms with Gasteiger partial charge in [0.25, 0.3) is 0 Å². The molecule has 88 valence electrons. The zero-order valence-corrected chi connectivity index (χ0v) is 9.37. The van der Waals surface area contributed by atoms with Gasteiger partial charge < -0.3 is 26.2 Å². The van der Waals surface area contributed by atoms with Crippen molar-refractivity contribution in [2.75, 3.05) is 53.5 Å². The predicted octanol–water partition coefficient (Wildman–Crippen LogP) is -1.54. The highest BCUT2D eigenvalue weighted by molar-refractivity contribution is 4.42. The standard InChI is InChI=1S/C5H14N2.C4H11NO2/c1-7(2)5-3-4-6;6-3-1-5-2-4-7/h3-6H2,1-2H3;5-7H,1-4H2. The minimum absolute atomic E-state index is 0.139. The molecule has 0 aliphatic heterocycles. The van der Waals surface area contributed by atoms with E-state index in [-0.39, 0.29) is 13.2 Å². The van der Waals surface area contributed by atoms with Gasteiger partial charge in [-0.3, -0.25) is 0 Å². The van der Waals surface area contributed by atoms with Crippen LogP contribution in [0, 0.1) is 0 Å². The van der Waals surface area contributed by atoms with Crippen LogP contribution in [-0.2, 0) is 0 Å². The van der Waals surface area contributed by atoms with Crippen molar-refractivity contribution in [1.82, 2.24) is 10.2 Å². The molecule has 0 fully saturated rings. The molecular weight excluding hydrogens is 182 g/mol. The summed E-state index contributed by atoms with van der Waals surface area (Å²) >= 11 is 0. The van der Waals surface area contributed by atoms with Crippen molar-refractivity contribution in [3.8, 4) is 0 Å². The van der Waals surface area contributed by atoms with Crippen LogP contribution in [0.2, 0.25) is 0 Å². The smallest absolute Gasteiger partial charge is 0.0555 e. The van der Waals surface area contributed by atoms with E-state index in [4.69, 9.17) is 15.9 Å². The second-order valence-corrected chi connectivity index (χ2v) is 3.14. The minimum Gasteiger partial charge on any atom is -0.395 e. The molecule has 0 saturated heterocycles. The van der Waals surface area contributed by atoms with Crippen molar-refractivity contribution in [1.29, 1.82) is 0 Å². The third kappa shape index (κ3) is 22.6. The molecular formula is C9H25N3O2. The van der Waals surface area contributed by atoms with E-state index in [0.717, 1.165) is 19.5 Å². The monoisotopic (exact) mass is 207 g/mol. The fraction of sp³-hybridized carbons (Fsp3) is 1.00. The lowest BCUT2D eigenvalue weighted by Crippen LogP contribution is -2.21. The van der Waals surface area contributed by atoms with E-state index in [0.29, 0.717) is 13.1 Å². The first-order valence-electron chi connectivity index (χ1n) is 4.96. The second kappa shape index (κ2) is 15.3.